The molecule has 1 aliphatic heterocycles. The first-order valence-electron chi connectivity index (χ1n) is 9.84. The number of aliphatic imine (C=N–C) groups is 1. The molecule has 1 N–H and O–H groups in total. The largest absolute Gasteiger partial charge is 0.497 e. The van der Waals surface area contributed by atoms with Crippen molar-refractivity contribution in [3.8, 4) is 5.75 Å². The van der Waals surface area contributed by atoms with Crippen LogP contribution in [0.1, 0.15) is 31.7 Å². The van der Waals surface area contributed by atoms with Gasteiger partial charge in [-0.1, -0.05) is 19.1 Å². The highest BCUT2D eigenvalue weighted by Crippen LogP contribution is 2.28. The van der Waals surface area contributed by atoms with Gasteiger partial charge in [-0.25, -0.2) is 0 Å². The van der Waals surface area contributed by atoms with Crippen molar-refractivity contribution in [1.29, 1.82) is 0 Å². The lowest BCUT2D eigenvalue weighted by Gasteiger charge is -2.22. The summed E-state index contributed by atoms with van der Waals surface area (Å²) >= 11 is 0. The molecule has 0 spiro atoms. The van der Waals surface area contributed by atoms with Gasteiger partial charge in [-0.15, -0.1) is 0 Å². The van der Waals surface area contributed by atoms with Gasteiger partial charge in [0.25, 0.3) is 0 Å². The smallest absolute Gasteiger partial charge is 0.193 e. The Morgan fingerprint density at radius 3 is 2.85 bits per heavy atom. The Kier molecular flexibility index (Phi) is 6.74. The maximum absolute atomic E-state index is 5.27. The average Bonchev–Trinajstić information content (AvgIpc) is 3.37. The zero-order chi connectivity index (χ0) is 19.1. The van der Waals surface area contributed by atoms with Crippen molar-refractivity contribution in [3.05, 3.63) is 48.3 Å². The van der Waals surface area contributed by atoms with E-state index < -0.39 is 0 Å². The summed E-state index contributed by atoms with van der Waals surface area (Å²) in [7, 11) is 1.71. The van der Waals surface area contributed by atoms with E-state index in [9.17, 15) is 0 Å². The Hall–Kier alpha value is -2.50. The van der Waals surface area contributed by atoms with Crippen molar-refractivity contribution in [2.24, 2.45) is 10.9 Å². The monoisotopic (exact) mass is 369 g/mol. The number of nitrogens with one attached hydrogen (secondary N) is 1. The van der Waals surface area contributed by atoms with Crippen molar-refractivity contribution < 1.29 is 4.74 Å². The van der Waals surface area contributed by atoms with Gasteiger partial charge in [0.15, 0.2) is 5.96 Å². The molecule has 2 aromatic rings. The summed E-state index contributed by atoms with van der Waals surface area (Å²) in [5, 5.41) is 7.75. The zero-order valence-corrected chi connectivity index (χ0v) is 16.6. The van der Waals surface area contributed by atoms with Crippen molar-refractivity contribution in [1.82, 2.24) is 20.0 Å². The Balaban J connectivity index is 1.59. The minimum atomic E-state index is 0.443. The summed E-state index contributed by atoms with van der Waals surface area (Å²) < 4.78 is 7.24. The van der Waals surface area contributed by atoms with Gasteiger partial charge in [0.1, 0.15) is 5.75 Å². The molecule has 1 saturated heterocycles. The van der Waals surface area contributed by atoms with Gasteiger partial charge in [-0.05, 0) is 43.0 Å². The second kappa shape index (κ2) is 9.44. The van der Waals surface area contributed by atoms with Gasteiger partial charge in [-0.3, -0.25) is 9.67 Å². The van der Waals surface area contributed by atoms with Gasteiger partial charge in [0.2, 0.25) is 0 Å². The van der Waals surface area contributed by atoms with Crippen LogP contribution in [-0.2, 0) is 6.54 Å². The minimum Gasteiger partial charge on any atom is -0.497 e. The molecule has 0 saturated carbocycles. The molecule has 2 atom stereocenters. The van der Waals surface area contributed by atoms with Crippen LogP contribution in [0.2, 0.25) is 0 Å². The van der Waals surface area contributed by atoms with Crippen LogP contribution in [0.3, 0.4) is 0 Å². The first kappa shape index (κ1) is 19.3. The SMILES string of the molecule is CCNC(=NCC(C)Cn1cccn1)N1CCC(c2ccc(OC)cc2)C1. The van der Waals surface area contributed by atoms with Crippen LogP contribution in [-0.4, -0.2) is 53.9 Å². The first-order chi connectivity index (χ1) is 13.2. The average molecular weight is 370 g/mol. The molecule has 1 aliphatic rings. The van der Waals surface area contributed by atoms with Gasteiger partial charge in [-0.2, -0.15) is 5.10 Å². The summed E-state index contributed by atoms with van der Waals surface area (Å²) in [6.07, 6.45) is 4.98. The molecular formula is C21H31N5O. The van der Waals surface area contributed by atoms with E-state index in [1.54, 1.807) is 7.11 Å². The van der Waals surface area contributed by atoms with E-state index in [4.69, 9.17) is 9.73 Å². The van der Waals surface area contributed by atoms with Crippen molar-refractivity contribution >= 4 is 5.96 Å². The molecule has 1 fully saturated rings. The molecular weight excluding hydrogens is 338 g/mol. The molecule has 3 rings (SSSR count). The second-order valence-corrected chi connectivity index (χ2v) is 7.23. The Morgan fingerprint density at radius 2 is 2.19 bits per heavy atom. The van der Waals surface area contributed by atoms with Crippen LogP contribution in [0.25, 0.3) is 0 Å². The minimum absolute atomic E-state index is 0.443. The zero-order valence-electron chi connectivity index (χ0n) is 16.6. The molecule has 1 aromatic heterocycles. The molecule has 6 heteroatoms. The quantitative estimate of drug-likeness (QED) is 0.602. The molecule has 2 unspecified atom stereocenters. The van der Waals surface area contributed by atoms with Crippen molar-refractivity contribution in [2.45, 2.75) is 32.7 Å². The summed E-state index contributed by atoms with van der Waals surface area (Å²) in [4.78, 5) is 7.29. The van der Waals surface area contributed by atoms with Crippen LogP contribution in [0, 0.1) is 5.92 Å². The molecule has 0 radical (unpaired) electrons. The molecule has 146 valence electrons. The Bertz CT molecular complexity index is 711. The lowest BCUT2D eigenvalue weighted by molar-refractivity contribution is 0.414. The lowest BCUT2D eigenvalue weighted by Crippen LogP contribution is -2.40. The standard InChI is InChI=1S/C21H31N5O/c1-4-22-21(23-14-17(2)15-26-12-5-11-24-26)25-13-10-19(16-25)18-6-8-20(27-3)9-7-18/h5-9,11-12,17,19H,4,10,13-16H2,1-3H3,(H,22,23). The number of likely N-dealkylation sites (tertiary alicyclic amines) is 1. The Morgan fingerprint density at radius 1 is 1.37 bits per heavy atom. The number of rotatable bonds is 7. The summed E-state index contributed by atoms with van der Waals surface area (Å²) in [5.41, 5.74) is 1.38. The van der Waals surface area contributed by atoms with Gasteiger partial charge in [0.05, 0.1) is 7.11 Å². The molecule has 2 heterocycles. The molecule has 27 heavy (non-hydrogen) atoms. The fourth-order valence-electron chi connectivity index (χ4n) is 3.55. The van der Waals surface area contributed by atoms with Crippen LogP contribution in [0.4, 0.5) is 0 Å². The molecule has 0 amide bonds. The number of methoxy groups -OCH3 is 1. The number of nitrogens with zero attached hydrogens (tertiary/aromatic N) is 4. The van der Waals surface area contributed by atoms with Crippen LogP contribution >= 0.6 is 0 Å². The topological polar surface area (TPSA) is 54.7 Å². The number of benzene rings is 1. The van der Waals surface area contributed by atoms with E-state index in [1.165, 1.54) is 5.56 Å². The van der Waals surface area contributed by atoms with Crippen molar-refractivity contribution in [3.63, 3.8) is 0 Å². The predicted octanol–water partition coefficient (Wildman–Crippen LogP) is 2.98. The molecule has 1 aromatic carbocycles. The summed E-state index contributed by atoms with van der Waals surface area (Å²) in [5.74, 6) is 2.93. The number of aromatic nitrogens is 2. The summed E-state index contributed by atoms with van der Waals surface area (Å²) in [6.45, 7) is 8.96. The predicted molar refractivity (Wildman–Crippen MR) is 109 cm³/mol. The Labute approximate surface area is 162 Å². The van der Waals surface area contributed by atoms with E-state index >= 15 is 0 Å². The van der Waals surface area contributed by atoms with E-state index in [2.05, 4.69) is 41.3 Å². The van der Waals surface area contributed by atoms with Gasteiger partial charge < -0.3 is 15.0 Å². The maximum atomic E-state index is 5.27. The highest BCUT2D eigenvalue weighted by molar-refractivity contribution is 5.80. The molecule has 6 nitrogen and oxygen atoms in total. The van der Waals surface area contributed by atoms with Crippen LogP contribution in [0.15, 0.2) is 47.7 Å². The third kappa shape index (κ3) is 5.25. The highest BCUT2D eigenvalue weighted by atomic mass is 16.5. The highest BCUT2D eigenvalue weighted by Gasteiger charge is 2.26. The number of guanidine groups is 1. The maximum Gasteiger partial charge on any atom is 0.193 e. The van der Waals surface area contributed by atoms with E-state index in [1.807, 2.05) is 35.3 Å². The van der Waals surface area contributed by atoms with Gasteiger partial charge in [0, 0.05) is 51.0 Å². The van der Waals surface area contributed by atoms with Gasteiger partial charge >= 0.3 is 0 Å². The van der Waals surface area contributed by atoms with E-state index in [0.29, 0.717) is 11.8 Å². The number of ether oxygens (including phenoxy) is 1. The third-order valence-corrected chi connectivity index (χ3v) is 5.02. The van der Waals surface area contributed by atoms with E-state index in [0.717, 1.165) is 50.9 Å². The first-order valence-corrected chi connectivity index (χ1v) is 9.84. The summed E-state index contributed by atoms with van der Waals surface area (Å²) in [6, 6.07) is 10.4. The van der Waals surface area contributed by atoms with Crippen molar-refractivity contribution in [2.75, 3.05) is 33.3 Å². The fraction of sp³-hybridized carbons (Fsp3) is 0.524. The second-order valence-electron chi connectivity index (χ2n) is 7.23. The van der Waals surface area contributed by atoms with Crippen LogP contribution in [0.5, 0.6) is 5.75 Å². The molecule has 0 bridgehead atoms. The number of hydrogen-bond acceptors (Lipinski definition) is 3. The fourth-order valence-corrected chi connectivity index (χ4v) is 3.55. The third-order valence-electron chi connectivity index (χ3n) is 5.02. The number of hydrogen-bond donors (Lipinski definition) is 1. The molecule has 0 aliphatic carbocycles. The lowest BCUT2D eigenvalue weighted by atomic mass is 9.98. The van der Waals surface area contributed by atoms with E-state index in [-0.39, 0.29) is 0 Å². The van der Waals surface area contributed by atoms with Crippen LogP contribution < -0.4 is 10.1 Å². The normalized spacial score (nSPS) is 18.6.